The minimum atomic E-state index is -4.47. The molecule has 0 unspecified atom stereocenters. The van der Waals surface area contributed by atoms with Crippen molar-refractivity contribution in [2.75, 3.05) is 12.2 Å². The molecule has 2 aromatic carbocycles. The molecule has 0 saturated heterocycles. The summed E-state index contributed by atoms with van der Waals surface area (Å²) >= 11 is 0. The molecule has 0 aromatic heterocycles. The van der Waals surface area contributed by atoms with Crippen molar-refractivity contribution < 1.29 is 27.6 Å². The third-order valence-electron chi connectivity index (χ3n) is 3.31. The van der Waals surface area contributed by atoms with Gasteiger partial charge in [0.2, 0.25) is 6.79 Å². The summed E-state index contributed by atoms with van der Waals surface area (Å²) in [5.41, 5.74) is 1.53. The predicted molar refractivity (Wildman–Crippen MR) is 81.9 cm³/mol. The van der Waals surface area contributed by atoms with E-state index >= 15 is 0 Å². The van der Waals surface area contributed by atoms with Gasteiger partial charge in [-0.25, -0.2) is 0 Å². The molecule has 25 heavy (non-hydrogen) atoms. The van der Waals surface area contributed by atoms with Crippen LogP contribution in [-0.2, 0) is 6.18 Å². The number of nitrogens with one attached hydrogen (secondary N) is 1. The van der Waals surface area contributed by atoms with Gasteiger partial charge in [0, 0.05) is 0 Å². The molecule has 0 bridgehead atoms. The minimum absolute atomic E-state index is 0.0461. The Hall–Kier alpha value is -3.30. The summed E-state index contributed by atoms with van der Waals surface area (Å²) in [5.74, 6) is 0.570. The Bertz CT molecular complexity index is 852. The second-order valence-electron chi connectivity index (χ2n) is 4.97. The van der Waals surface area contributed by atoms with Crippen molar-refractivity contribution in [3.63, 3.8) is 0 Å². The molecular formula is C15H10F3N3O4. The van der Waals surface area contributed by atoms with Gasteiger partial charge in [0.05, 0.1) is 34.0 Å². The second-order valence-corrected chi connectivity index (χ2v) is 4.97. The fraction of sp³-hybridized carbons (Fsp3) is 0.133. The summed E-state index contributed by atoms with van der Waals surface area (Å²) in [5, 5.41) is 14.9. The van der Waals surface area contributed by atoms with Crippen LogP contribution in [0, 0.1) is 10.1 Å². The van der Waals surface area contributed by atoms with E-state index in [0.717, 1.165) is 18.3 Å². The highest BCUT2D eigenvalue weighted by Crippen LogP contribution is 2.37. The Labute approximate surface area is 138 Å². The summed E-state index contributed by atoms with van der Waals surface area (Å²) in [6.07, 6.45) is -3.35. The van der Waals surface area contributed by atoms with Crippen molar-refractivity contribution in [3.05, 3.63) is 57.6 Å². The van der Waals surface area contributed by atoms with Gasteiger partial charge in [0.15, 0.2) is 11.5 Å². The summed E-state index contributed by atoms with van der Waals surface area (Å²) in [6, 6.07) is 7.00. The molecule has 7 nitrogen and oxygen atoms in total. The molecule has 3 rings (SSSR count). The van der Waals surface area contributed by atoms with Gasteiger partial charge < -0.3 is 9.47 Å². The maximum atomic E-state index is 12.7. The number of ether oxygens (including phenoxy) is 2. The highest BCUT2D eigenvalue weighted by molar-refractivity contribution is 5.87. The van der Waals surface area contributed by atoms with Gasteiger partial charge in [0.1, 0.15) is 0 Å². The number of halogens is 3. The van der Waals surface area contributed by atoms with Crippen LogP contribution >= 0.6 is 0 Å². The normalized spacial score (nSPS) is 13.2. The first-order chi connectivity index (χ1) is 11.8. The first kappa shape index (κ1) is 16.6. The third kappa shape index (κ3) is 3.62. The number of rotatable bonds is 4. The van der Waals surface area contributed by atoms with Gasteiger partial charge in [-0.2, -0.15) is 18.3 Å². The highest BCUT2D eigenvalue weighted by atomic mass is 19.4. The number of nitro benzene ring substituents is 1. The molecular weight excluding hydrogens is 343 g/mol. The highest BCUT2D eigenvalue weighted by Gasteiger charge is 2.30. The zero-order valence-corrected chi connectivity index (χ0v) is 12.4. The Kier molecular flexibility index (Phi) is 4.17. The van der Waals surface area contributed by atoms with E-state index in [1.807, 2.05) is 0 Å². The van der Waals surface area contributed by atoms with Crippen LogP contribution in [-0.4, -0.2) is 17.9 Å². The Balaban J connectivity index is 1.82. The van der Waals surface area contributed by atoms with Crippen LogP contribution < -0.4 is 14.9 Å². The van der Waals surface area contributed by atoms with Crippen LogP contribution in [0.15, 0.2) is 41.5 Å². The number of alkyl halides is 3. The van der Waals surface area contributed by atoms with Crippen LogP contribution in [0.4, 0.5) is 24.5 Å². The number of anilines is 1. The first-order valence-electron chi connectivity index (χ1n) is 6.89. The number of nitrogens with zero attached hydrogens (tertiary/aromatic N) is 2. The van der Waals surface area contributed by atoms with Crippen LogP contribution in [0.25, 0.3) is 0 Å². The molecule has 0 amide bonds. The quantitative estimate of drug-likeness (QED) is 0.513. The maximum absolute atomic E-state index is 12.7. The van der Waals surface area contributed by atoms with E-state index in [1.165, 1.54) is 24.3 Å². The van der Waals surface area contributed by atoms with Gasteiger partial charge in [0.25, 0.3) is 5.69 Å². The molecule has 0 radical (unpaired) electrons. The Morgan fingerprint density at radius 3 is 2.60 bits per heavy atom. The summed E-state index contributed by atoms with van der Waals surface area (Å²) in [4.78, 5) is 10.5. The zero-order chi connectivity index (χ0) is 18.0. The number of hydrogen-bond acceptors (Lipinski definition) is 6. The molecule has 0 saturated carbocycles. The monoisotopic (exact) mass is 353 g/mol. The summed E-state index contributed by atoms with van der Waals surface area (Å²) in [6.45, 7) is -0.0461. The molecule has 1 heterocycles. The fourth-order valence-electron chi connectivity index (χ4n) is 2.15. The zero-order valence-electron chi connectivity index (χ0n) is 12.4. The summed E-state index contributed by atoms with van der Waals surface area (Å²) < 4.78 is 48.2. The van der Waals surface area contributed by atoms with E-state index in [0.29, 0.717) is 5.75 Å². The van der Waals surface area contributed by atoms with Gasteiger partial charge in [-0.1, -0.05) is 6.07 Å². The smallest absolute Gasteiger partial charge is 0.416 e. The minimum Gasteiger partial charge on any atom is -0.454 e. The molecule has 10 heteroatoms. The van der Waals surface area contributed by atoms with E-state index in [2.05, 4.69) is 10.5 Å². The second kappa shape index (κ2) is 6.30. The van der Waals surface area contributed by atoms with Crippen LogP contribution in [0.3, 0.4) is 0 Å². The average Bonchev–Trinajstić information content (AvgIpc) is 3.01. The van der Waals surface area contributed by atoms with Crippen molar-refractivity contribution >= 4 is 17.6 Å². The first-order valence-corrected chi connectivity index (χ1v) is 6.89. The molecule has 0 aliphatic carbocycles. The molecule has 0 fully saturated rings. The lowest BCUT2D eigenvalue weighted by molar-refractivity contribution is -0.385. The van der Waals surface area contributed by atoms with Gasteiger partial charge in [-0.3, -0.25) is 15.5 Å². The molecule has 130 valence electrons. The summed E-state index contributed by atoms with van der Waals surface area (Å²) in [7, 11) is 0. The maximum Gasteiger partial charge on any atom is 0.416 e. The molecule has 1 aliphatic heterocycles. The van der Waals surface area contributed by atoms with E-state index in [9.17, 15) is 23.3 Å². The largest absolute Gasteiger partial charge is 0.454 e. The van der Waals surface area contributed by atoms with E-state index in [-0.39, 0.29) is 29.5 Å². The lowest BCUT2D eigenvalue weighted by Gasteiger charge is -2.08. The topological polar surface area (TPSA) is 86.0 Å². The predicted octanol–water partition coefficient (Wildman–Crippen LogP) is 3.79. The van der Waals surface area contributed by atoms with Gasteiger partial charge in [-0.05, 0) is 24.3 Å². The molecule has 0 atom stereocenters. The van der Waals surface area contributed by atoms with E-state index in [4.69, 9.17) is 9.47 Å². The molecule has 0 spiro atoms. The molecule has 1 aliphatic rings. The average molecular weight is 353 g/mol. The number of fused-ring (bicyclic) bond motifs is 1. The lowest BCUT2D eigenvalue weighted by atomic mass is 10.1. The van der Waals surface area contributed by atoms with Crippen molar-refractivity contribution in [3.8, 4) is 11.5 Å². The Morgan fingerprint density at radius 2 is 1.92 bits per heavy atom. The third-order valence-corrected chi connectivity index (χ3v) is 3.31. The van der Waals surface area contributed by atoms with Crippen LogP contribution in [0.5, 0.6) is 11.5 Å². The lowest BCUT2D eigenvalue weighted by Crippen LogP contribution is -2.05. The number of hydrogen-bond donors (Lipinski definition) is 1. The van der Waals surface area contributed by atoms with Crippen molar-refractivity contribution in [1.82, 2.24) is 0 Å². The number of hydrazone groups is 1. The molecule has 1 N–H and O–H groups in total. The SMILES string of the molecule is O=[N+]([O-])c1cc2c(cc1/C=N/Nc1cccc(C(F)(F)F)c1)OCO2. The fourth-order valence-corrected chi connectivity index (χ4v) is 2.15. The Morgan fingerprint density at radius 1 is 1.20 bits per heavy atom. The molecule has 2 aromatic rings. The van der Waals surface area contributed by atoms with Crippen molar-refractivity contribution in [1.29, 1.82) is 0 Å². The number of nitro groups is 1. The van der Waals surface area contributed by atoms with Gasteiger partial charge in [-0.15, -0.1) is 0 Å². The van der Waals surface area contributed by atoms with E-state index in [1.54, 1.807) is 0 Å². The van der Waals surface area contributed by atoms with E-state index < -0.39 is 16.7 Å². The van der Waals surface area contributed by atoms with Crippen LogP contribution in [0.2, 0.25) is 0 Å². The van der Waals surface area contributed by atoms with Crippen molar-refractivity contribution in [2.45, 2.75) is 6.18 Å². The van der Waals surface area contributed by atoms with Crippen LogP contribution in [0.1, 0.15) is 11.1 Å². The number of benzene rings is 2. The standard InChI is InChI=1S/C15H10F3N3O4/c16-15(17,18)10-2-1-3-11(5-10)20-19-7-9-4-13-14(25-8-24-13)6-12(9)21(22)23/h1-7,20H,8H2/b19-7+. The van der Waals surface area contributed by atoms with Crippen molar-refractivity contribution in [2.24, 2.45) is 5.10 Å². The van der Waals surface area contributed by atoms with Gasteiger partial charge >= 0.3 is 6.18 Å².